The Bertz CT molecular complexity index is 377. The summed E-state index contributed by atoms with van der Waals surface area (Å²) in [6, 6.07) is -0.847. The van der Waals surface area contributed by atoms with E-state index < -0.39 is 12.0 Å². The zero-order valence-electron chi connectivity index (χ0n) is 10.9. The molecule has 6 heteroatoms. The van der Waals surface area contributed by atoms with Gasteiger partial charge in [0.25, 0.3) is 0 Å². The number of aliphatic carboxylic acids is 1. The maximum Gasteiger partial charge on any atom is 0.305 e. The van der Waals surface area contributed by atoms with Crippen LogP contribution in [-0.2, 0) is 14.4 Å². The largest absolute Gasteiger partial charge is 0.481 e. The van der Waals surface area contributed by atoms with E-state index in [9.17, 15) is 14.4 Å². The maximum absolute atomic E-state index is 12.4. The van der Waals surface area contributed by atoms with Crippen LogP contribution in [0.5, 0.6) is 0 Å². The van der Waals surface area contributed by atoms with Crippen LogP contribution in [0.4, 0.5) is 0 Å². The van der Waals surface area contributed by atoms with Crippen LogP contribution in [0.3, 0.4) is 0 Å². The standard InChI is InChI=1S/C13H20N2O4/c16-11(17)8-10-12(18)14-6-7-15(10)13(19)9-4-2-1-3-5-9/h9-10H,1-8H2,(H,14,18)(H,16,17). The zero-order valence-corrected chi connectivity index (χ0v) is 10.9. The van der Waals surface area contributed by atoms with Gasteiger partial charge in [0, 0.05) is 19.0 Å². The van der Waals surface area contributed by atoms with Crippen molar-refractivity contribution in [1.29, 1.82) is 0 Å². The van der Waals surface area contributed by atoms with Crippen molar-refractivity contribution in [3.05, 3.63) is 0 Å². The fourth-order valence-corrected chi connectivity index (χ4v) is 2.93. The summed E-state index contributed by atoms with van der Waals surface area (Å²) in [7, 11) is 0. The molecule has 1 heterocycles. The second kappa shape index (κ2) is 6.04. The van der Waals surface area contributed by atoms with Crippen molar-refractivity contribution < 1.29 is 19.5 Å². The van der Waals surface area contributed by atoms with E-state index in [0.29, 0.717) is 13.1 Å². The van der Waals surface area contributed by atoms with Crippen LogP contribution in [0.15, 0.2) is 0 Å². The third kappa shape index (κ3) is 3.24. The molecule has 2 amide bonds. The molecular formula is C13H20N2O4. The SMILES string of the molecule is O=C(O)CC1C(=O)NCCN1C(=O)C1CCCCC1. The molecule has 1 aliphatic carbocycles. The van der Waals surface area contributed by atoms with Gasteiger partial charge in [-0.2, -0.15) is 0 Å². The molecule has 19 heavy (non-hydrogen) atoms. The summed E-state index contributed by atoms with van der Waals surface area (Å²) >= 11 is 0. The number of carbonyl (C=O) groups is 3. The Kier molecular flexibility index (Phi) is 4.39. The summed E-state index contributed by atoms with van der Waals surface area (Å²) in [4.78, 5) is 36.5. The van der Waals surface area contributed by atoms with E-state index in [4.69, 9.17) is 5.11 Å². The second-order valence-corrected chi connectivity index (χ2v) is 5.27. The Morgan fingerprint density at radius 2 is 1.95 bits per heavy atom. The highest BCUT2D eigenvalue weighted by Crippen LogP contribution is 2.26. The molecule has 1 unspecified atom stereocenters. The minimum atomic E-state index is -1.05. The molecule has 1 saturated heterocycles. The lowest BCUT2D eigenvalue weighted by Gasteiger charge is -2.37. The van der Waals surface area contributed by atoms with E-state index in [2.05, 4.69) is 5.32 Å². The Hall–Kier alpha value is -1.59. The van der Waals surface area contributed by atoms with Gasteiger partial charge in [-0.25, -0.2) is 0 Å². The van der Waals surface area contributed by atoms with Crippen molar-refractivity contribution in [2.75, 3.05) is 13.1 Å². The van der Waals surface area contributed by atoms with Crippen molar-refractivity contribution in [2.45, 2.75) is 44.6 Å². The smallest absolute Gasteiger partial charge is 0.305 e. The number of carboxylic acid groups (broad SMARTS) is 1. The molecule has 2 N–H and O–H groups in total. The molecular weight excluding hydrogens is 248 g/mol. The molecule has 106 valence electrons. The van der Waals surface area contributed by atoms with Crippen LogP contribution >= 0.6 is 0 Å². The van der Waals surface area contributed by atoms with Gasteiger partial charge in [-0.3, -0.25) is 14.4 Å². The summed E-state index contributed by atoms with van der Waals surface area (Å²) in [5, 5.41) is 11.5. The average molecular weight is 268 g/mol. The number of amides is 2. The fourth-order valence-electron chi connectivity index (χ4n) is 2.93. The molecule has 0 aromatic rings. The average Bonchev–Trinajstić information content (AvgIpc) is 2.41. The zero-order chi connectivity index (χ0) is 13.8. The predicted molar refractivity (Wildman–Crippen MR) is 67.3 cm³/mol. The Labute approximate surface area is 112 Å². The molecule has 0 aromatic carbocycles. The van der Waals surface area contributed by atoms with Crippen molar-refractivity contribution in [2.24, 2.45) is 5.92 Å². The number of piperazine rings is 1. The van der Waals surface area contributed by atoms with Crippen LogP contribution in [-0.4, -0.2) is 46.9 Å². The summed E-state index contributed by atoms with van der Waals surface area (Å²) in [6.45, 7) is 0.826. The van der Waals surface area contributed by atoms with Gasteiger partial charge in [0.05, 0.1) is 6.42 Å². The molecule has 1 atom stereocenters. The highest BCUT2D eigenvalue weighted by molar-refractivity contribution is 5.92. The molecule has 6 nitrogen and oxygen atoms in total. The van der Waals surface area contributed by atoms with Gasteiger partial charge < -0.3 is 15.3 Å². The lowest BCUT2D eigenvalue weighted by molar-refractivity contribution is -0.151. The first-order valence-corrected chi connectivity index (χ1v) is 6.89. The number of hydrogen-bond acceptors (Lipinski definition) is 3. The van der Waals surface area contributed by atoms with Crippen LogP contribution in [0.2, 0.25) is 0 Å². The molecule has 0 aromatic heterocycles. The lowest BCUT2D eigenvalue weighted by Crippen LogP contribution is -2.59. The van der Waals surface area contributed by atoms with E-state index in [-0.39, 0.29) is 24.2 Å². The molecule has 0 bridgehead atoms. The number of nitrogens with one attached hydrogen (secondary N) is 1. The molecule has 2 fully saturated rings. The quantitative estimate of drug-likeness (QED) is 0.774. The van der Waals surface area contributed by atoms with Gasteiger partial charge in [0.15, 0.2) is 0 Å². The first-order valence-electron chi connectivity index (χ1n) is 6.89. The fraction of sp³-hybridized carbons (Fsp3) is 0.769. The Morgan fingerprint density at radius 3 is 2.58 bits per heavy atom. The van der Waals surface area contributed by atoms with Crippen LogP contribution in [0.25, 0.3) is 0 Å². The van der Waals surface area contributed by atoms with E-state index in [1.54, 1.807) is 0 Å². The van der Waals surface area contributed by atoms with Crippen molar-refractivity contribution >= 4 is 17.8 Å². The molecule has 2 rings (SSSR count). The normalized spacial score (nSPS) is 24.9. The molecule has 0 spiro atoms. The lowest BCUT2D eigenvalue weighted by atomic mass is 9.87. The minimum Gasteiger partial charge on any atom is -0.481 e. The number of carboxylic acids is 1. The highest BCUT2D eigenvalue weighted by Gasteiger charge is 2.37. The van der Waals surface area contributed by atoms with Gasteiger partial charge >= 0.3 is 5.97 Å². The van der Waals surface area contributed by atoms with Gasteiger partial charge in [-0.05, 0) is 12.8 Å². The second-order valence-electron chi connectivity index (χ2n) is 5.27. The molecule has 0 radical (unpaired) electrons. The number of nitrogens with zero attached hydrogens (tertiary/aromatic N) is 1. The van der Waals surface area contributed by atoms with E-state index in [1.807, 2.05) is 0 Å². The van der Waals surface area contributed by atoms with Crippen LogP contribution < -0.4 is 5.32 Å². The van der Waals surface area contributed by atoms with Gasteiger partial charge in [0.2, 0.25) is 11.8 Å². The number of carbonyl (C=O) groups excluding carboxylic acids is 2. The maximum atomic E-state index is 12.4. The summed E-state index contributed by atoms with van der Waals surface area (Å²) in [5.41, 5.74) is 0. The highest BCUT2D eigenvalue weighted by atomic mass is 16.4. The van der Waals surface area contributed by atoms with E-state index in [0.717, 1.165) is 32.1 Å². The summed E-state index contributed by atoms with van der Waals surface area (Å²) in [6.07, 6.45) is 4.64. The van der Waals surface area contributed by atoms with Gasteiger partial charge in [0.1, 0.15) is 6.04 Å². The van der Waals surface area contributed by atoms with Gasteiger partial charge in [-0.1, -0.05) is 19.3 Å². The number of hydrogen-bond donors (Lipinski definition) is 2. The monoisotopic (exact) mass is 268 g/mol. The molecule has 2 aliphatic rings. The van der Waals surface area contributed by atoms with Crippen molar-refractivity contribution in [3.8, 4) is 0 Å². The first kappa shape index (κ1) is 13.8. The number of rotatable bonds is 3. The van der Waals surface area contributed by atoms with Crippen molar-refractivity contribution in [1.82, 2.24) is 10.2 Å². The predicted octanol–water partition coefficient (Wildman–Crippen LogP) is 0.368. The van der Waals surface area contributed by atoms with E-state index in [1.165, 1.54) is 4.90 Å². The summed E-state index contributed by atoms with van der Waals surface area (Å²) < 4.78 is 0. The topological polar surface area (TPSA) is 86.7 Å². The van der Waals surface area contributed by atoms with E-state index >= 15 is 0 Å². The van der Waals surface area contributed by atoms with Crippen LogP contribution in [0, 0.1) is 5.92 Å². The van der Waals surface area contributed by atoms with Crippen molar-refractivity contribution in [3.63, 3.8) is 0 Å². The Morgan fingerprint density at radius 1 is 1.26 bits per heavy atom. The minimum absolute atomic E-state index is 0.0315. The first-order chi connectivity index (χ1) is 9.09. The molecule has 1 aliphatic heterocycles. The summed E-state index contributed by atoms with van der Waals surface area (Å²) in [5.74, 6) is -1.47. The Balaban J connectivity index is 2.07. The third-order valence-electron chi connectivity index (χ3n) is 3.94. The molecule has 1 saturated carbocycles. The third-order valence-corrected chi connectivity index (χ3v) is 3.94. The van der Waals surface area contributed by atoms with Gasteiger partial charge in [-0.15, -0.1) is 0 Å². The van der Waals surface area contributed by atoms with Crippen LogP contribution in [0.1, 0.15) is 38.5 Å².